The second-order valence-corrected chi connectivity index (χ2v) is 6.81. The quantitative estimate of drug-likeness (QED) is 0.430. The van der Waals surface area contributed by atoms with Gasteiger partial charge in [0.25, 0.3) is 5.91 Å². The third kappa shape index (κ3) is 3.97. The lowest BCUT2D eigenvalue weighted by Gasteiger charge is -2.26. The van der Waals surface area contributed by atoms with Crippen molar-refractivity contribution in [2.75, 3.05) is 19.8 Å². The Balaban J connectivity index is 2.12. The van der Waals surface area contributed by atoms with Crippen LogP contribution in [0.1, 0.15) is 40.5 Å². The van der Waals surface area contributed by atoms with Crippen molar-refractivity contribution in [3.8, 4) is 0 Å². The fourth-order valence-electron chi connectivity index (χ4n) is 2.47. The number of carbonyl (C=O) groups excluding carboxylic acids is 1. The van der Waals surface area contributed by atoms with Crippen LogP contribution >= 0.6 is 0 Å². The third-order valence-electron chi connectivity index (χ3n) is 4.29. The molecule has 1 saturated carbocycles. The zero-order chi connectivity index (χ0) is 16.3. The highest BCUT2D eigenvalue weighted by atomic mass is 16.5. The fourth-order valence-corrected chi connectivity index (χ4v) is 2.47. The first-order valence-electron chi connectivity index (χ1n) is 7.86. The Labute approximate surface area is 132 Å². The Bertz CT molecular complexity index is 522. The number of amides is 1. The van der Waals surface area contributed by atoms with E-state index in [2.05, 4.69) is 29.3 Å². The van der Waals surface area contributed by atoms with Crippen LogP contribution in [0, 0.1) is 5.92 Å². The van der Waals surface area contributed by atoms with Gasteiger partial charge in [0, 0.05) is 29.1 Å². The summed E-state index contributed by atoms with van der Waals surface area (Å²) in [5, 5.41) is 6.41. The summed E-state index contributed by atoms with van der Waals surface area (Å²) in [6.07, 6.45) is 2.24. The van der Waals surface area contributed by atoms with E-state index in [1.165, 1.54) is 0 Å². The zero-order valence-corrected chi connectivity index (χ0v) is 14.1. The summed E-state index contributed by atoms with van der Waals surface area (Å²) in [7, 11) is 0. The maximum Gasteiger partial charge on any atom is 0.251 e. The van der Waals surface area contributed by atoms with Crippen molar-refractivity contribution in [3.63, 3.8) is 0 Å². The number of carbonyl (C=O) groups is 1. The molecule has 122 valence electrons. The van der Waals surface area contributed by atoms with Crippen LogP contribution in [-0.4, -0.2) is 37.9 Å². The highest BCUT2D eigenvalue weighted by molar-refractivity contribution is 5.98. The molecule has 5 nitrogen and oxygen atoms in total. The van der Waals surface area contributed by atoms with Crippen LogP contribution in [0.2, 0.25) is 0 Å². The SMILES string of the molecule is C=N/C(NC1(C)CC1)=C(\C)C(C(=O)NCC1COC1)=C(C)C. The Hall–Kier alpha value is -1.62. The van der Waals surface area contributed by atoms with E-state index in [9.17, 15) is 4.79 Å². The summed E-state index contributed by atoms with van der Waals surface area (Å²) in [5.74, 6) is 1.10. The molecule has 0 radical (unpaired) electrons. The maximum absolute atomic E-state index is 12.5. The first-order valence-corrected chi connectivity index (χ1v) is 7.86. The molecule has 0 unspecified atom stereocenters. The summed E-state index contributed by atoms with van der Waals surface area (Å²) in [6.45, 7) is 13.8. The number of hydrogen-bond acceptors (Lipinski definition) is 4. The smallest absolute Gasteiger partial charge is 0.251 e. The monoisotopic (exact) mass is 305 g/mol. The summed E-state index contributed by atoms with van der Waals surface area (Å²) in [4.78, 5) is 16.6. The van der Waals surface area contributed by atoms with Crippen molar-refractivity contribution in [2.24, 2.45) is 10.9 Å². The minimum absolute atomic E-state index is 0.0479. The van der Waals surface area contributed by atoms with Crippen LogP contribution < -0.4 is 10.6 Å². The minimum atomic E-state index is -0.0479. The molecule has 5 heteroatoms. The molecule has 2 fully saturated rings. The molecule has 1 heterocycles. The second-order valence-electron chi connectivity index (χ2n) is 6.81. The van der Waals surface area contributed by atoms with Crippen molar-refractivity contribution in [3.05, 3.63) is 22.5 Å². The van der Waals surface area contributed by atoms with Gasteiger partial charge in [-0.05, 0) is 47.3 Å². The van der Waals surface area contributed by atoms with Crippen LogP contribution in [0.5, 0.6) is 0 Å². The Morgan fingerprint density at radius 3 is 2.36 bits per heavy atom. The molecule has 1 aliphatic carbocycles. The molecule has 0 aromatic carbocycles. The second kappa shape index (κ2) is 6.65. The molecule has 1 aliphatic heterocycles. The van der Waals surface area contributed by atoms with Gasteiger partial charge < -0.3 is 15.4 Å². The predicted octanol–water partition coefficient (Wildman–Crippen LogP) is 2.16. The van der Waals surface area contributed by atoms with Gasteiger partial charge in [0.2, 0.25) is 0 Å². The van der Waals surface area contributed by atoms with Gasteiger partial charge in [0.15, 0.2) is 0 Å². The first-order chi connectivity index (χ1) is 10.4. The van der Waals surface area contributed by atoms with Gasteiger partial charge in [-0.15, -0.1) is 0 Å². The molecule has 0 spiro atoms. The first kappa shape index (κ1) is 16.7. The van der Waals surface area contributed by atoms with E-state index < -0.39 is 0 Å². The van der Waals surface area contributed by atoms with Gasteiger partial charge in [-0.2, -0.15) is 0 Å². The van der Waals surface area contributed by atoms with Crippen LogP contribution in [0.25, 0.3) is 0 Å². The van der Waals surface area contributed by atoms with Crippen LogP contribution in [0.3, 0.4) is 0 Å². The van der Waals surface area contributed by atoms with Crippen molar-refractivity contribution >= 4 is 12.6 Å². The molecule has 0 atom stereocenters. The molecular formula is C17H27N3O2. The van der Waals surface area contributed by atoms with Crippen molar-refractivity contribution in [1.29, 1.82) is 0 Å². The zero-order valence-electron chi connectivity index (χ0n) is 14.1. The predicted molar refractivity (Wildman–Crippen MR) is 88.7 cm³/mol. The van der Waals surface area contributed by atoms with E-state index in [4.69, 9.17) is 4.74 Å². The lowest BCUT2D eigenvalue weighted by molar-refractivity contribution is -0.118. The molecule has 2 N–H and O–H groups in total. The van der Waals surface area contributed by atoms with E-state index in [1.807, 2.05) is 20.8 Å². The van der Waals surface area contributed by atoms with Gasteiger partial charge >= 0.3 is 0 Å². The van der Waals surface area contributed by atoms with E-state index in [0.717, 1.165) is 37.2 Å². The summed E-state index contributed by atoms with van der Waals surface area (Å²) in [5.41, 5.74) is 2.62. The van der Waals surface area contributed by atoms with Gasteiger partial charge in [0.05, 0.1) is 13.2 Å². The van der Waals surface area contributed by atoms with Gasteiger partial charge in [-0.1, -0.05) is 5.57 Å². The molecular weight excluding hydrogens is 278 g/mol. The van der Waals surface area contributed by atoms with E-state index in [-0.39, 0.29) is 11.4 Å². The Morgan fingerprint density at radius 1 is 1.32 bits per heavy atom. The number of ether oxygens (including phenoxy) is 1. The molecule has 2 rings (SSSR count). The van der Waals surface area contributed by atoms with E-state index >= 15 is 0 Å². The average Bonchev–Trinajstić information content (AvgIpc) is 3.12. The highest BCUT2D eigenvalue weighted by Gasteiger charge is 2.38. The number of rotatable bonds is 7. The number of nitrogens with zero attached hydrogens (tertiary/aromatic N) is 1. The van der Waals surface area contributed by atoms with Crippen LogP contribution in [0.4, 0.5) is 0 Å². The largest absolute Gasteiger partial charge is 0.381 e. The number of aliphatic imine (C=N–C) groups is 1. The van der Waals surface area contributed by atoms with Crippen molar-refractivity contribution < 1.29 is 9.53 Å². The van der Waals surface area contributed by atoms with Crippen molar-refractivity contribution in [2.45, 2.75) is 46.1 Å². The number of allylic oxidation sites excluding steroid dienone is 1. The maximum atomic E-state index is 12.5. The van der Waals surface area contributed by atoms with E-state index in [1.54, 1.807) is 0 Å². The standard InChI is InChI=1S/C17H27N3O2/c1-11(2)14(16(21)19-8-13-9-22-10-13)12(3)15(18-5)20-17(4)6-7-17/h13,20H,5-10H2,1-4H3,(H,19,21)/b15-12-. The summed E-state index contributed by atoms with van der Waals surface area (Å²) in [6, 6.07) is 0. The summed E-state index contributed by atoms with van der Waals surface area (Å²) >= 11 is 0. The lowest BCUT2D eigenvalue weighted by atomic mass is 10.0. The molecule has 22 heavy (non-hydrogen) atoms. The van der Waals surface area contributed by atoms with E-state index in [0.29, 0.717) is 23.9 Å². The van der Waals surface area contributed by atoms with Gasteiger partial charge in [-0.25, -0.2) is 4.99 Å². The topological polar surface area (TPSA) is 62.7 Å². The molecule has 0 aromatic heterocycles. The third-order valence-corrected chi connectivity index (χ3v) is 4.29. The van der Waals surface area contributed by atoms with Gasteiger partial charge in [-0.3, -0.25) is 4.79 Å². The summed E-state index contributed by atoms with van der Waals surface area (Å²) < 4.78 is 5.13. The molecule has 2 aliphatic rings. The molecule has 0 bridgehead atoms. The normalized spacial score (nSPS) is 20.4. The highest BCUT2D eigenvalue weighted by Crippen LogP contribution is 2.36. The molecule has 1 amide bonds. The fraction of sp³-hybridized carbons (Fsp3) is 0.647. The average molecular weight is 305 g/mol. The number of hydrogen-bond donors (Lipinski definition) is 2. The molecule has 0 aromatic rings. The number of nitrogens with one attached hydrogen (secondary N) is 2. The Kier molecular flexibility index (Phi) is 5.06. The van der Waals surface area contributed by atoms with Crippen molar-refractivity contribution in [1.82, 2.24) is 10.6 Å². The minimum Gasteiger partial charge on any atom is -0.381 e. The van der Waals surface area contributed by atoms with Crippen LogP contribution in [-0.2, 0) is 9.53 Å². The Morgan fingerprint density at radius 2 is 1.95 bits per heavy atom. The molecule has 1 saturated heterocycles. The lowest BCUT2D eigenvalue weighted by Crippen LogP contribution is -2.40. The van der Waals surface area contributed by atoms with Crippen LogP contribution in [0.15, 0.2) is 27.5 Å². The van der Waals surface area contributed by atoms with Gasteiger partial charge in [0.1, 0.15) is 5.82 Å².